The number of hydrogen-bond donors (Lipinski definition) is 1. The first-order chi connectivity index (χ1) is 9.11. The molecule has 5 heteroatoms. The van der Waals surface area contributed by atoms with E-state index in [1.165, 1.54) is 0 Å². The zero-order chi connectivity index (χ0) is 13.8. The third-order valence-electron chi connectivity index (χ3n) is 3.84. The van der Waals surface area contributed by atoms with E-state index in [0.717, 1.165) is 24.4 Å². The smallest absolute Gasteiger partial charge is 0.225 e. The van der Waals surface area contributed by atoms with Crippen LogP contribution in [0.25, 0.3) is 0 Å². The standard InChI is InChI=1S/C15H22N2O2.ClH/c1-11(13-8-16-9-13)15(18)17(2)10-12-5-4-6-14(7-12)19-3;/h4-7,11,13,16H,8-10H2,1-3H3;1H. The third-order valence-corrected chi connectivity index (χ3v) is 3.84. The van der Waals surface area contributed by atoms with Crippen LogP contribution in [-0.2, 0) is 11.3 Å². The molecule has 1 aromatic rings. The quantitative estimate of drug-likeness (QED) is 0.903. The highest BCUT2D eigenvalue weighted by atomic mass is 35.5. The van der Waals surface area contributed by atoms with E-state index in [0.29, 0.717) is 12.5 Å². The van der Waals surface area contributed by atoms with Crippen LogP contribution < -0.4 is 10.1 Å². The Morgan fingerprint density at radius 2 is 2.20 bits per heavy atom. The molecule has 0 radical (unpaired) electrons. The lowest BCUT2D eigenvalue weighted by molar-refractivity contribution is -0.136. The summed E-state index contributed by atoms with van der Waals surface area (Å²) in [6.07, 6.45) is 0. The van der Waals surface area contributed by atoms with Gasteiger partial charge in [-0.1, -0.05) is 19.1 Å². The van der Waals surface area contributed by atoms with Crippen molar-refractivity contribution in [2.24, 2.45) is 11.8 Å². The van der Waals surface area contributed by atoms with Crippen LogP contribution in [0.4, 0.5) is 0 Å². The topological polar surface area (TPSA) is 41.6 Å². The van der Waals surface area contributed by atoms with Crippen molar-refractivity contribution in [1.29, 1.82) is 0 Å². The number of rotatable bonds is 5. The Morgan fingerprint density at radius 1 is 1.50 bits per heavy atom. The zero-order valence-electron chi connectivity index (χ0n) is 12.3. The summed E-state index contributed by atoms with van der Waals surface area (Å²) in [5.41, 5.74) is 1.09. The Balaban J connectivity index is 0.00000200. The Labute approximate surface area is 126 Å². The van der Waals surface area contributed by atoms with Gasteiger partial charge < -0.3 is 15.0 Å². The predicted octanol–water partition coefficient (Wildman–Crippen LogP) is 1.93. The Hall–Kier alpha value is -1.26. The molecule has 1 aromatic carbocycles. The van der Waals surface area contributed by atoms with E-state index in [9.17, 15) is 4.79 Å². The summed E-state index contributed by atoms with van der Waals surface area (Å²) in [6, 6.07) is 7.85. The lowest BCUT2D eigenvalue weighted by atomic mass is 9.88. The van der Waals surface area contributed by atoms with Gasteiger partial charge in [0.1, 0.15) is 5.75 Å². The second kappa shape index (κ2) is 7.50. The fraction of sp³-hybridized carbons (Fsp3) is 0.533. The zero-order valence-corrected chi connectivity index (χ0v) is 13.1. The van der Waals surface area contributed by atoms with Crippen LogP contribution in [0.1, 0.15) is 12.5 Å². The molecular weight excluding hydrogens is 276 g/mol. The largest absolute Gasteiger partial charge is 0.497 e. The molecule has 4 nitrogen and oxygen atoms in total. The lowest BCUT2D eigenvalue weighted by Crippen LogP contribution is -2.49. The number of nitrogens with zero attached hydrogens (tertiary/aromatic N) is 1. The van der Waals surface area contributed by atoms with E-state index < -0.39 is 0 Å². The molecule has 1 N–H and O–H groups in total. The molecule has 2 rings (SSSR count). The lowest BCUT2D eigenvalue weighted by Gasteiger charge is -2.34. The van der Waals surface area contributed by atoms with Crippen molar-refractivity contribution in [3.05, 3.63) is 29.8 Å². The molecule has 1 atom stereocenters. The summed E-state index contributed by atoms with van der Waals surface area (Å²) in [5.74, 6) is 1.63. The van der Waals surface area contributed by atoms with Crippen LogP contribution in [0, 0.1) is 11.8 Å². The van der Waals surface area contributed by atoms with Gasteiger partial charge >= 0.3 is 0 Å². The molecule has 1 aliphatic rings. The summed E-state index contributed by atoms with van der Waals surface area (Å²) in [5, 5.41) is 3.21. The Bertz CT molecular complexity index is 449. The van der Waals surface area contributed by atoms with Crippen molar-refractivity contribution in [3.8, 4) is 5.75 Å². The fourth-order valence-electron chi connectivity index (χ4n) is 2.34. The van der Waals surface area contributed by atoms with E-state index in [2.05, 4.69) is 5.32 Å². The fourth-order valence-corrected chi connectivity index (χ4v) is 2.34. The molecule has 20 heavy (non-hydrogen) atoms. The molecule has 0 saturated carbocycles. The molecule has 1 saturated heterocycles. The molecule has 112 valence electrons. The minimum atomic E-state index is 0. The minimum absolute atomic E-state index is 0. The average Bonchev–Trinajstić information content (AvgIpc) is 2.35. The molecule has 0 spiro atoms. The van der Waals surface area contributed by atoms with E-state index in [-0.39, 0.29) is 24.2 Å². The van der Waals surface area contributed by atoms with E-state index in [1.54, 1.807) is 12.0 Å². The van der Waals surface area contributed by atoms with Gasteiger partial charge in [-0.25, -0.2) is 0 Å². The number of amides is 1. The van der Waals surface area contributed by atoms with Gasteiger partial charge in [-0.15, -0.1) is 12.4 Å². The van der Waals surface area contributed by atoms with Crippen molar-refractivity contribution < 1.29 is 9.53 Å². The van der Waals surface area contributed by atoms with Crippen LogP contribution >= 0.6 is 12.4 Å². The normalized spacial score (nSPS) is 15.8. The van der Waals surface area contributed by atoms with Gasteiger partial charge in [0.2, 0.25) is 5.91 Å². The van der Waals surface area contributed by atoms with Crippen LogP contribution in [0.3, 0.4) is 0 Å². The van der Waals surface area contributed by atoms with Crippen LogP contribution in [0.15, 0.2) is 24.3 Å². The SMILES string of the molecule is COc1cccc(CN(C)C(=O)C(C)C2CNC2)c1.Cl. The third kappa shape index (κ3) is 3.87. The average molecular weight is 299 g/mol. The first-order valence-corrected chi connectivity index (χ1v) is 6.70. The molecule has 1 fully saturated rings. The van der Waals surface area contributed by atoms with Crippen molar-refractivity contribution in [2.45, 2.75) is 13.5 Å². The van der Waals surface area contributed by atoms with Crippen molar-refractivity contribution in [3.63, 3.8) is 0 Å². The van der Waals surface area contributed by atoms with Crippen molar-refractivity contribution in [2.75, 3.05) is 27.2 Å². The molecule has 0 aromatic heterocycles. The number of methoxy groups -OCH3 is 1. The molecular formula is C15H23ClN2O2. The molecule has 1 aliphatic heterocycles. The van der Waals surface area contributed by atoms with E-state index in [4.69, 9.17) is 4.74 Å². The number of nitrogens with one attached hydrogen (secondary N) is 1. The van der Waals surface area contributed by atoms with E-state index >= 15 is 0 Å². The monoisotopic (exact) mass is 298 g/mol. The van der Waals surface area contributed by atoms with Gasteiger partial charge in [-0.05, 0) is 36.7 Å². The van der Waals surface area contributed by atoms with Crippen LogP contribution in [-0.4, -0.2) is 38.1 Å². The van der Waals surface area contributed by atoms with Gasteiger partial charge in [0, 0.05) is 19.5 Å². The van der Waals surface area contributed by atoms with Gasteiger partial charge in [-0.2, -0.15) is 0 Å². The summed E-state index contributed by atoms with van der Waals surface area (Å²) >= 11 is 0. The van der Waals surface area contributed by atoms with Crippen LogP contribution in [0.5, 0.6) is 5.75 Å². The number of hydrogen-bond acceptors (Lipinski definition) is 3. The van der Waals surface area contributed by atoms with Gasteiger partial charge in [-0.3, -0.25) is 4.79 Å². The Morgan fingerprint density at radius 3 is 2.75 bits per heavy atom. The second-order valence-corrected chi connectivity index (χ2v) is 5.25. The number of carbonyl (C=O) groups is 1. The highest BCUT2D eigenvalue weighted by Gasteiger charge is 2.30. The van der Waals surface area contributed by atoms with Crippen LogP contribution in [0.2, 0.25) is 0 Å². The Kier molecular flexibility index (Phi) is 6.30. The number of carbonyl (C=O) groups excluding carboxylic acids is 1. The van der Waals surface area contributed by atoms with Gasteiger partial charge in [0.05, 0.1) is 7.11 Å². The first kappa shape index (κ1) is 16.8. The van der Waals surface area contributed by atoms with Gasteiger partial charge in [0.15, 0.2) is 0 Å². The van der Waals surface area contributed by atoms with Gasteiger partial charge in [0.25, 0.3) is 0 Å². The first-order valence-electron chi connectivity index (χ1n) is 6.70. The number of halogens is 1. The van der Waals surface area contributed by atoms with Crippen molar-refractivity contribution >= 4 is 18.3 Å². The van der Waals surface area contributed by atoms with Crippen molar-refractivity contribution in [1.82, 2.24) is 10.2 Å². The molecule has 1 heterocycles. The molecule has 1 amide bonds. The number of benzene rings is 1. The highest BCUT2D eigenvalue weighted by Crippen LogP contribution is 2.20. The maximum Gasteiger partial charge on any atom is 0.225 e. The maximum atomic E-state index is 12.3. The second-order valence-electron chi connectivity index (χ2n) is 5.25. The summed E-state index contributed by atoms with van der Waals surface area (Å²) in [6.45, 7) is 4.57. The van der Waals surface area contributed by atoms with E-state index in [1.807, 2.05) is 38.2 Å². The predicted molar refractivity (Wildman–Crippen MR) is 82.2 cm³/mol. The molecule has 0 bridgehead atoms. The molecule has 1 unspecified atom stereocenters. The number of ether oxygens (including phenoxy) is 1. The summed E-state index contributed by atoms with van der Waals surface area (Å²) in [7, 11) is 3.52. The molecule has 0 aliphatic carbocycles. The summed E-state index contributed by atoms with van der Waals surface area (Å²) in [4.78, 5) is 14.1. The highest BCUT2D eigenvalue weighted by molar-refractivity contribution is 5.85. The maximum absolute atomic E-state index is 12.3. The minimum Gasteiger partial charge on any atom is -0.497 e. The summed E-state index contributed by atoms with van der Waals surface area (Å²) < 4.78 is 5.20.